The topological polar surface area (TPSA) is 49.8 Å². The fourth-order valence-corrected chi connectivity index (χ4v) is 3.98. The van der Waals surface area contributed by atoms with E-state index >= 15 is 0 Å². The van der Waals surface area contributed by atoms with Crippen LogP contribution in [-0.2, 0) is 11.3 Å². The van der Waals surface area contributed by atoms with Crippen LogP contribution in [0.2, 0.25) is 5.02 Å². The van der Waals surface area contributed by atoms with Gasteiger partial charge in [0.15, 0.2) is 5.76 Å². The van der Waals surface area contributed by atoms with Crippen molar-refractivity contribution in [3.05, 3.63) is 106 Å². The molecule has 0 fully saturated rings. The van der Waals surface area contributed by atoms with Crippen molar-refractivity contribution < 1.29 is 14.6 Å². The molecule has 0 unspecified atom stereocenters. The molecule has 0 spiro atoms. The van der Waals surface area contributed by atoms with Gasteiger partial charge < -0.3 is 14.7 Å². The summed E-state index contributed by atoms with van der Waals surface area (Å²) in [6, 6.07) is 22.3. The van der Waals surface area contributed by atoms with E-state index in [1.165, 1.54) is 0 Å². The van der Waals surface area contributed by atoms with Gasteiger partial charge in [0.2, 0.25) is 0 Å². The van der Waals surface area contributed by atoms with Gasteiger partial charge in [0.25, 0.3) is 5.91 Å². The SMILES string of the molecule is COc1ccccc1CN1C(=O)C(O)=C(c2ccc(C)cc2)[C@@H]1c1ccc(Cl)cc1. The van der Waals surface area contributed by atoms with Crippen LogP contribution < -0.4 is 4.74 Å². The number of hydrogen-bond donors (Lipinski definition) is 1. The maximum atomic E-state index is 13.2. The zero-order valence-corrected chi connectivity index (χ0v) is 17.6. The third-order valence-electron chi connectivity index (χ3n) is 5.39. The van der Waals surface area contributed by atoms with Crippen molar-refractivity contribution >= 4 is 23.1 Å². The van der Waals surface area contributed by atoms with E-state index in [0.717, 1.165) is 22.3 Å². The molecule has 0 aliphatic carbocycles. The summed E-state index contributed by atoms with van der Waals surface area (Å²) in [6.07, 6.45) is 0. The van der Waals surface area contributed by atoms with Crippen LogP contribution in [0.25, 0.3) is 5.57 Å². The number of halogens is 1. The number of methoxy groups -OCH3 is 1. The number of aliphatic hydroxyl groups is 1. The van der Waals surface area contributed by atoms with E-state index in [-0.39, 0.29) is 5.76 Å². The van der Waals surface area contributed by atoms with E-state index in [0.29, 0.717) is 22.9 Å². The number of carbonyl (C=O) groups excluding carboxylic acids is 1. The third-order valence-corrected chi connectivity index (χ3v) is 5.64. The lowest BCUT2D eigenvalue weighted by Gasteiger charge is -2.28. The summed E-state index contributed by atoms with van der Waals surface area (Å²) >= 11 is 6.09. The number of para-hydroxylation sites is 1. The average molecular weight is 420 g/mol. The van der Waals surface area contributed by atoms with Gasteiger partial charge in [0.05, 0.1) is 19.7 Å². The molecule has 30 heavy (non-hydrogen) atoms. The molecule has 1 aliphatic heterocycles. The summed E-state index contributed by atoms with van der Waals surface area (Å²) < 4.78 is 5.47. The lowest BCUT2D eigenvalue weighted by molar-refractivity contribution is -0.130. The van der Waals surface area contributed by atoms with Gasteiger partial charge in [-0.15, -0.1) is 0 Å². The van der Waals surface area contributed by atoms with Gasteiger partial charge in [0, 0.05) is 16.2 Å². The number of aryl methyl sites for hydroxylation is 1. The molecule has 1 amide bonds. The van der Waals surface area contributed by atoms with Crippen LogP contribution in [0.4, 0.5) is 0 Å². The van der Waals surface area contributed by atoms with Crippen LogP contribution >= 0.6 is 11.6 Å². The first-order chi connectivity index (χ1) is 14.5. The minimum Gasteiger partial charge on any atom is -0.503 e. The number of nitrogens with zero attached hydrogens (tertiary/aromatic N) is 1. The quantitative estimate of drug-likeness (QED) is 0.576. The fraction of sp³-hybridized carbons (Fsp3) is 0.160. The minimum absolute atomic E-state index is 0.228. The average Bonchev–Trinajstić information content (AvgIpc) is 3.00. The maximum absolute atomic E-state index is 13.2. The highest BCUT2D eigenvalue weighted by molar-refractivity contribution is 6.30. The first-order valence-corrected chi connectivity index (χ1v) is 10.1. The van der Waals surface area contributed by atoms with Crippen LogP contribution in [0.1, 0.15) is 28.3 Å². The van der Waals surface area contributed by atoms with Crippen molar-refractivity contribution in [2.75, 3.05) is 7.11 Å². The highest BCUT2D eigenvalue weighted by Crippen LogP contribution is 2.44. The number of rotatable bonds is 5. The fourth-order valence-electron chi connectivity index (χ4n) is 3.85. The Labute approximate surface area is 181 Å². The number of hydrogen-bond acceptors (Lipinski definition) is 3. The summed E-state index contributed by atoms with van der Waals surface area (Å²) in [5, 5.41) is 11.5. The van der Waals surface area contributed by atoms with E-state index in [1.54, 1.807) is 24.1 Å². The van der Waals surface area contributed by atoms with Crippen molar-refractivity contribution in [3.8, 4) is 5.75 Å². The van der Waals surface area contributed by atoms with Gasteiger partial charge in [-0.25, -0.2) is 0 Å². The lowest BCUT2D eigenvalue weighted by Crippen LogP contribution is -2.30. The Hall–Kier alpha value is -3.24. The zero-order chi connectivity index (χ0) is 21.3. The molecule has 1 N–H and O–H groups in total. The van der Waals surface area contributed by atoms with Gasteiger partial charge in [-0.2, -0.15) is 0 Å². The second-order valence-electron chi connectivity index (χ2n) is 7.33. The van der Waals surface area contributed by atoms with Crippen molar-refractivity contribution in [1.29, 1.82) is 0 Å². The van der Waals surface area contributed by atoms with Gasteiger partial charge in [0.1, 0.15) is 5.75 Å². The Morgan fingerprint density at radius 3 is 2.33 bits per heavy atom. The number of benzene rings is 3. The van der Waals surface area contributed by atoms with Gasteiger partial charge >= 0.3 is 0 Å². The molecule has 1 heterocycles. The highest BCUT2D eigenvalue weighted by atomic mass is 35.5. The Kier molecular flexibility index (Phi) is 5.51. The molecule has 0 aromatic heterocycles. The Morgan fingerprint density at radius 1 is 1.00 bits per heavy atom. The molecular weight excluding hydrogens is 398 g/mol. The van der Waals surface area contributed by atoms with E-state index in [1.807, 2.05) is 67.6 Å². The van der Waals surface area contributed by atoms with Gasteiger partial charge in [-0.3, -0.25) is 4.79 Å². The number of carbonyl (C=O) groups is 1. The van der Waals surface area contributed by atoms with E-state index in [2.05, 4.69) is 0 Å². The van der Waals surface area contributed by atoms with Crippen molar-refractivity contribution in [3.63, 3.8) is 0 Å². The summed E-state index contributed by atoms with van der Waals surface area (Å²) in [5.41, 5.74) is 4.26. The minimum atomic E-state index is -0.442. The summed E-state index contributed by atoms with van der Waals surface area (Å²) in [6.45, 7) is 2.30. The van der Waals surface area contributed by atoms with Crippen LogP contribution in [0.15, 0.2) is 78.6 Å². The molecule has 3 aromatic rings. The smallest absolute Gasteiger partial charge is 0.290 e. The molecule has 152 valence electrons. The van der Waals surface area contributed by atoms with Gasteiger partial charge in [-0.1, -0.05) is 71.8 Å². The Morgan fingerprint density at radius 2 is 1.67 bits per heavy atom. The van der Waals surface area contributed by atoms with Crippen LogP contribution in [0.3, 0.4) is 0 Å². The number of ether oxygens (including phenoxy) is 1. The molecular formula is C25H22ClNO3. The molecule has 5 heteroatoms. The van der Waals surface area contributed by atoms with Crippen molar-refractivity contribution in [2.24, 2.45) is 0 Å². The standard InChI is InChI=1S/C25H22ClNO3/c1-16-7-9-17(10-8-16)22-23(18-11-13-20(26)14-12-18)27(25(29)24(22)28)15-19-5-3-4-6-21(19)30-2/h3-14,23,28H,15H2,1-2H3/t23-/m0/s1. The summed E-state index contributed by atoms with van der Waals surface area (Å²) in [7, 11) is 1.61. The molecule has 1 atom stereocenters. The largest absolute Gasteiger partial charge is 0.503 e. The molecule has 0 radical (unpaired) electrons. The summed E-state index contributed by atoms with van der Waals surface area (Å²) in [5.74, 6) is 0.0635. The summed E-state index contributed by atoms with van der Waals surface area (Å²) in [4.78, 5) is 14.8. The van der Waals surface area contributed by atoms with E-state index < -0.39 is 11.9 Å². The number of aliphatic hydroxyl groups excluding tert-OH is 1. The van der Waals surface area contributed by atoms with Gasteiger partial charge in [-0.05, 0) is 36.2 Å². The Bertz CT molecular complexity index is 1100. The first-order valence-electron chi connectivity index (χ1n) is 9.68. The molecule has 1 aliphatic rings. The van der Waals surface area contributed by atoms with Crippen molar-refractivity contribution in [1.82, 2.24) is 4.90 Å². The first kappa shape index (κ1) is 20.0. The second kappa shape index (κ2) is 8.25. The predicted molar refractivity (Wildman–Crippen MR) is 118 cm³/mol. The van der Waals surface area contributed by atoms with Crippen LogP contribution in [0, 0.1) is 6.92 Å². The Balaban J connectivity index is 1.82. The zero-order valence-electron chi connectivity index (χ0n) is 16.8. The number of amides is 1. The molecule has 3 aromatic carbocycles. The van der Waals surface area contributed by atoms with Crippen LogP contribution in [0.5, 0.6) is 5.75 Å². The second-order valence-corrected chi connectivity index (χ2v) is 7.76. The molecule has 4 nitrogen and oxygen atoms in total. The molecule has 0 saturated heterocycles. The highest BCUT2D eigenvalue weighted by Gasteiger charge is 2.41. The van der Waals surface area contributed by atoms with Crippen molar-refractivity contribution in [2.45, 2.75) is 19.5 Å². The predicted octanol–water partition coefficient (Wildman–Crippen LogP) is 5.71. The van der Waals surface area contributed by atoms with E-state index in [4.69, 9.17) is 16.3 Å². The molecule has 0 saturated carbocycles. The third kappa shape index (κ3) is 3.66. The molecule has 4 rings (SSSR count). The monoisotopic (exact) mass is 419 g/mol. The molecule has 0 bridgehead atoms. The normalized spacial score (nSPS) is 16.3. The maximum Gasteiger partial charge on any atom is 0.290 e. The van der Waals surface area contributed by atoms with E-state index in [9.17, 15) is 9.90 Å². The van der Waals surface area contributed by atoms with Crippen LogP contribution in [-0.4, -0.2) is 23.0 Å². The lowest BCUT2D eigenvalue weighted by atomic mass is 9.93.